The zero-order valence-corrected chi connectivity index (χ0v) is 18.1. The summed E-state index contributed by atoms with van der Waals surface area (Å²) in [6, 6.07) is 21.5. The summed E-state index contributed by atoms with van der Waals surface area (Å²) in [7, 11) is -2.47. The van der Waals surface area contributed by atoms with Gasteiger partial charge in [-0.25, -0.2) is 0 Å². The molecule has 4 rings (SSSR count). The standard InChI is InChI=1S/C24H30O3Si/c1-24(2,3)28(20-10-6-4-7-11-20,21-12-8-5-9-13-21)26-17-18-14-19-16-23(25)27-22(19)15-18/h4-13,18-19,22H,14-17H2,1-3H3/t18-,19-,22-/m1/s1. The number of benzene rings is 2. The summed E-state index contributed by atoms with van der Waals surface area (Å²) in [5.41, 5.74) is 0. The molecule has 2 fully saturated rings. The van der Waals surface area contributed by atoms with Crippen molar-refractivity contribution in [2.24, 2.45) is 11.8 Å². The van der Waals surface area contributed by atoms with E-state index in [-0.39, 0.29) is 17.1 Å². The third-order valence-corrected chi connectivity index (χ3v) is 11.4. The first-order chi connectivity index (χ1) is 13.4. The van der Waals surface area contributed by atoms with Crippen LogP contribution >= 0.6 is 0 Å². The lowest BCUT2D eigenvalue weighted by Crippen LogP contribution is -2.66. The van der Waals surface area contributed by atoms with Crippen molar-refractivity contribution in [3.8, 4) is 0 Å². The highest BCUT2D eigenvalue weighted by Gasteiger charge is 2.51. The number of hydrogen-bond acceptors (Lipinski definition) is 3. The van der Waals surface area contributed by atoms with Gasteiger partial charge in [0.1, 0.15) is 6.10 Å². The highest BCUT2D eigenvalue weighted by Crippen LogP contribution is 2.42. The lowest BCUT2D eigenvalue weighted by molar-refractivity contribution is -0.141. The minimum Gasteiger partial charge on any atom is -0.462 e. The second-order valence-corrected chi connectivity index (χ2v) is 13.6. The van der Waals surface area contributed by atoms with Crippen LogP contribution in [0, 0.1) is 11.8 Å². The molecule has 3 atom stereocenters. The average molecular weight is 395 g/mol. The molecule has 0 N–H and O–H groups in total. The first-order valence-electron chi connectivity index (χ1n) is 10.3. The molecule has 2 aliphatic rings. The molecule has 1 saturated heterocycles. The van der Waals surface area contributed by atoms with Crippen LogP contribution in [0.3, 0.4) is 0 Å². The summed E-state index contributed by atoms with van der Waals surface area (Å²) >= 11 is 0. The van der Waals surface area contributed by atoms with Crippen molar-refractivity contribution in [1.82, 2.24) is 0 Å². The van der Waals surface area contributed by atoms with Crippen molar-refractivity contribution < 1.29 is 14.0 Å². The zero-order valence-electron chi connectivity index (χ0n) is 17.1. The summed E-state index contributed by atoms with van der Waals surface area (Å²) in [4.78, 5) is 11.5. The molecule has 148 valence electrons. The smallest absolute Gasteiger partial charge is 0.306 e. The number of fused-ring (bicyclic) bond motifs is 1. The number of carbonyl (C=O) groups is 1. The molecule has 1 aliphatic heterocycles. The molecule has 0 spiro atoms. The lowest BCUT2D eigenvalue weighted by Gasteiger charge is -2.43. The molecule has 0 bridgehead atoms. The van der Waals surface area contributed by atoms with E-state index in [0.717, 1.165) is 19.4 Å². The van der Waals surface area contributed by atoms with Gasteiger partial charge in [-0.05, 0) is 34.2 Å². The van der Waals surface area contributed by atoms with E-state index in [1.165, 1.54) is 10.4 Å². The van der Waals surface area contributed by atoms with Crippen LogP contribution in [0.25, 0.3) is 0 Å². The third kappa shape index (κ3) is 3.44. The Bertz CT molecular complexity index is 757. The van der Waals surface area contributed by atoms with Crippen molar-refractivity contribution in [3.63, 3.8) is 0 Å². The number of esters is 1. The molecule has 0 amide bonds. The van der Waals surface area contributed by atoms with Gasteiger partial charge in [0.2, 0.25) is 0 Å². The molecule has 1 aliphatic carbocycles. The van der Waals surface area contributed by atoms with Crippen LogP contribution in [0.2, 0.25) is 5.04 Å². The van der Waals surface area contributed by atoms with Crippen molar-refractivity contribution in [1.29, 1.82) is 0 Å². The first kappa shape index (κ1) is 19.4. The fourth-order valence-corrected chi connectivity index (χ4v) is 9.77. The largest absolute Gasteiger partial charge is 0.462 e. The van der Waals surface area contributed by atoms with Crippen molar-refractivity contribution in [2.75, 3.05) is 6.61 Å². The van der Waals surface area contributed by atoms with Gasteiger partial charge in [0.15, 0.2) is 0 Å². The minimum atomic E-state index is -2.47. The Labute approximate surface area is 169 Å². The number of ether oxygens (including phenoxy) is 1. The predicted octanol–water partition coefficient (Wildman–Crippen LogP) is 3.90. The van der Waals surface area contributed by atoms with E-state index >= 15 is 0 Å². The minimum absolute atomic E-state index is 0.00333. The van der Waals surface area contributed by atoms with Crippen LogP contribution < -0.4 is 10.4 Å². The maximum Gasteiger partial charge on any atom is 0.306 e. The fraction of sp³-hybridized carbons (Fsp3) is 0.458. The monoisotopic (exact) mass is 394 g/mol. The van der Waals surface area contributed by atoms with Gasteiger partial charge in [-0.1, -0.05) is 81.4 Å². The Kier molecular flexibility index (Phi) is 5.19. The van der Waals surface area contributed by atoms with Gasteiger partial charge in [0.05, 0.1) is 6.42 Å². The number of carbonyl (C=O) groups excluding carboxylic acids is 1. The van der Waals surface area contributed by atoms with Gasteiger partial charge in [-0.3, -0.25) is 4.79 Å². The molecule has 0 unspecified atom stereocenters. The van der Waals surface area contributed by atoms with Gasteiger partial charge >= 0.3 is 5.97 Å². The fourth-order valence-electron chi connectivity index (χ4n) is 5.13. The van der Waals surface area contributed by atoms with Crippen LogP contribution in [0.15, 0.2) is 60.7 Å². The Morgan fingerprint density at radius 2 is 1.54 bits per heavy atom. The van der Waals surface area contributed by atoms with E-state index < -0.39 is 8.32 Å². The van der Waals surface area contributed by atoms with E-state index in [1.54, 1.807) is 0 Å². The molecule has 2 aromatic carbocycles. The highest BCUT2D eigenvalue weighted by atomic mass is 28.4. The first-order valence-corrected chi connectivity index (χ1v) is 12.3. The van der Waals surface area contributed by atoms with Gasteiger partial charge in [0, 0.05) is 12.5 Å². The second-order valence-electron chi connectivity index (χ2n) is 9.30. The van der Waals surface area contributed by atoms with Crippen LogP contribution in [0.1, 0.15) is 40.0 Å². The number of rotatable bonds is 5. The van der Waals surface area contributed by atoms with Crippen LogP contribution in [-0.2, 0) is 14.0 Å². The van der Waals surface area contributed by atoms with Crippen molar-refractivity contribution in [3.05, 3.63) is 60.7 Å². The zero-order chi connectivity index (χ0) is 19.8. The van der Waals surface area contributed by atoms with Gasteiger partial charge < -0.3 is 9.16 Å². The molecule has 28 heavy (non-hydrogen) atoms. The van der Waals surface area contributed by atoms with Crippen LogP contribution in [0.5, 0.6) is 0 Å². The lowest BCUT2D eigenvalue weighted by atomic mass is 10.0. The Balaban J connectivity index is 1.65. The topological polar surface area (TPSA) is 35.5 Å². The van der Waals surface area contributed by atoms with E-state index in [0.29, 0.717) is 18.3 Å². The molecule has 1 heterocycles. The molecule has 3 nitrogen and oxygen atoms in total. The summed E-state index contributed by atoms with van der Waals surface area (Å²) in [5.74, 6) is 0.825. The van der Waals surface area contributed by atoms with E-state index in [2.05, 4.69) is 81.4 Å². The van der Waals surface area contributed by atoms with E-state index in [1.807, 2.05) is 0 Å². The van der Waals surface area contributed by atoms with Crippen molar-refractivity contribution >= 4 is 24.7 Å². The molecule has 0 aromatic heterocycles. The van der Waals surface area contributed by atoms with Crippen molar-refractivity contribution in [2.45, 2.75) is 51.2 Å². The van der Waals surface area contributed by atoms with Gasteiger partial charge in [-0.15, -0.1) is 0 Å². The maximum atomic E-state index is 11.5. The Morgan fingerprint density at radius 1 is 0.964 bits per heavy atom. The van der Waals surface area contributed by atoms with E-state index in [4.69, 9.17) is 9.16 Å². The summed E-state index contributed by atoms with van der Waals surface area (Å²) in [6.45, 7) is 7.66. The molecule has 2 aromatic rings. The van der Waals surface area contributed by atoms with E-state index in [9.17, 15) is 4.79 Å². The molecular formula is C24H30O3Si. The normalized spacial score (nSPS) is 24.8. The SMILES string of the molecule is CC(C)(C)[Si](OC[C@@H]1C[C@@H]2CC(=O)O[C@@H]2C1)(c1ccccc1)c1ccccc1. The number of hydrogen-bond donors (Lipinski definition) is 0. The van der Waals surface area contributed by atoms with Gasteiger partial charge in [0.25, 0.3) is 8.32 Å². The third-order valence-electron chi connectivity index (χ3n) is 6.39. The summed E-state index contributed by atoms with van der Waals surface area (Å²) < 4.78 is 12.5. The summed E-state index contributed by atoms with van der Waals surface area (Å²) in [6.07, 6.45) is 2.67. The predicted molar refractivity (Wildman–Crippen MR) is 114 cm³/mol. The van der Waals surface area contributed by atoms with Gasteiger partial charge in [-0.2, -0.15) is 0 Å². The highest BCUT2D eigenvalue weighted by molar-refractivity contribution is 6.99. The molecule has 4 heteroatoms. The Hall–Kier alpha value is -1.91. The second kappa shape index (κ2) is 7.49. The van der Waals surface area contributed by atoms with Crippen LogP contribution in [-0.4, -0.2) is 27.0 Å². The maximum absolute atomic E-state index is 11.5. The molecule has 0 radical (unpaired) electrons. The molecule has 1 saturated carbocycles. The molecular weight excluding hydrogens is 364 g/mol. The van der Waals surface area contributed by atoms with Crippen LogP contribution in [0.4, 0.5) is 0 Å². The average Bonchev–Trinajstić information content (AvgIpc) is 3.20. The quantitative estimate of drug-likeness (QED) is 0.570. The summed E-state index contributed by atoms with van der Waals surface area (Å²) in [5, 5.41) is 2.63. The Morgan fingerprint density at radius 3 is 2.04 bits per heavy atom.